The van der Waals surface area contributed by atoms with Crippen molar-refractivity contribution in [3.8, 4) is 0 Å². The maximum absolute atomic E-state index is 10.3. The molecule has 1 aliphatic heterocycles. The molecule has 3 atom stereocenters. The van der Waals surface area contributed by atoms with Crippen molar-refractivity contribution >= 4 is 52.9 Å². The fraction of sp³-hybridized carbons (Fsp3) is 0.706. The van der Waals surface area contributed by atoms with E-state index in [-0.39, 0.29) is 24.0 Å². The number of hydrogen-bond acceptors (Lipinski definition) is 4. The summed E-state index contributed by atoms with van der Waals surface area (Å²) in [6, 6.07) is 5.53. The van der Waals surface area contributed by atoms with Crippen molar-refractivity contribution in [1.82, 2.24) is 15.5 Å². The Kier molecular flexibility index (Phi) is 8.26. The van der Waals surface area contributed by atoms with Gasteiger partial charge in [-0.25, -0.2) is 0 Å². The molecule has 2 heterocycles. The Hall–Kier alpha value is -0.0900. The summed E-state index contributed by atoms with van der Waals surface area (Å²) in [7, 11) is 0. The Labute approximate surface area is 176 Å². The van der Waals surface area contributed by atoms with Gasteiger partial charge in [0.2, 0.25) is 0 Å². The third-order valence-corrected chi connectivity index (χ3v) is 6.00. The summed E-state index contributed by atoms with van der Waals surface area (Å²) in [4.78, 5) is 8.03. The maximum Gasteiger partial charge on any atom is 0.191 e. The van der Waals surface area contributed by atoms with Crippen LogP contribution in [0.3, 0.4) is 0 Å². The van der Waals surface area contributed by atoms with E-state index < -0.39 is 6.10 Å². The molecular weight excluding hydrogens is 471 g/mol. The number of nitrogens with zero attached hydrogens (tertiary/aromatic N) is 2. The van der Waals surface area contributed by atoms with E-state index in [0.29, 0.717) is 23.0 Å². The minimum absolute atomic E-state index is 0. The predicted octanol–water partition coefficient (Wildman–Crippen LogP) is 3.23. The topological polar surface area (TPSA) is 59.9 Å². The molecule has 0 aromatic carbocycles. The number of rotatable bonds is 6. The average Bonchev–Trinajstić information content (AvgIpc) is 3.20. The van der Waals surface area contributed by atoms with Crippen molar-refractivity contribution in [1.29, 1.82) is 0 Å². The molecule has 0 radical (unpaired) electrons. The second-order valence-electron chi connectivity index (χ2n) is 6.73. The first-order chi connectivity index (χ1) is 11.6. The lowest BCUT2D eigenvalue weighted by Gasteiger charge is -2.20. The number of aliphatic hydroxyl groups excluding tert-OH is 1. The van der Waals surface area contributed by atoms with Crippen molar-refractivity contribution in [2.24, 2.45) is 4.99 Å². The van der Waals surface area contributed by atoms with Gasteiger partial charge in [-0.05, 0) is 45.2 Å². The zero-order valence-electron chi connectivity index (χ0n) is 14.7. The first-order valence-corrected chi connectivity index (χ1v) is 10.00. The number of hydrogen-bond donors (Lipinski definition) is 3. The van der Waals surface area contributed by atoms with Crippen LogP contribution >= 0.6 is 46.9 Å². The van der Waals surface area contributed by atoms with E-state index in [1.165, 1.54) is 24.2 Å². The van der Waals surface area contributed by atoms with Crippen LogP contribution in [-0.4, -0.2) is 53.7 Å². The predicted molar refractivity (Wildman–Crippen MR) is 116 cm³/mol. The molecule has 1 aromatic heterocycles. The Bertz CT molecular complexity index is 581. The summed E-state index contributed by atoms with van der Waals surface area (Å²) in [5, 5.41) is 17.1. The first-order valence-electron chi connectivity index (χ1n) is 8.80. The SMILES string of the molecule is CCNC(=NCC(O)c1ccc(Cl)s1)NC1CC(C)N(C2CC2)C1.I. The molecule has 1 saturated carbocycles. The Morgan fingerprint density at radius 3 is 2.84 bits per heavy atom. The van der Waals surface area contributed by atoms with Crippen LogP contribution in [0.5, 0.6) is 0 Å². The number of nitrogens with one attached hydrogen (secondary N) is 2. The lowest BCUT2D eigenvalue weighted by atomic mass is 10.2. The van der Waals surface area contributed by atoms with Crippen LogP contribution in [-0.2, 0) is 0 Å². The molecule has 8 heteroatoms. The van der Waals surface area contributed by atoms with Gasteiger partial charge in [0, 0.05) is 36.1 Å². The van der Waals surface area contributed by atoms with Crippen LogP contribution in [0, 0.1) is 0 Å². The highest BCUT2D eigenvalue weighted by atomic mass is 127. The number of halogens is 2. The highest BCUT2D eigenvalue weighted by molar-refractivity contribution is 14.0. The molecule has 2 aliphatic rings. The molecule has 0 spiro atoms. The van der Waals surface area contributed by atoms with Crippen molar-refractivity contribution < 1.29 is 5.11 Å². The van der Waals surface area contributed by atoms with Crippen molar-refractivity contribution in [3.63, 3.8) is 0 Å². The van der Waals surface area contributed by atoms with Crippen LogP contribution in [0.25, 0.3) is 0 Å². The molecule has 0 bridgehead atoms. The van der Waals surface area contributed by atoms with E-state index in [1.54, 1.807) is 0 Å². The fourth-order valence-corrected chi connectivity index (χ4v) is 4.40. The molecule has 3 rings (SSSR count). The van der Waals surface area contributed by atoms with Gasteiger partial charge in [-0.2, -0.15) is 0 Å². The van der Waals surface area contributed by atoms with E-state index in [9.17, 15) is 5.11 Å². The van der Waals surface area contributed by atoms with E-state index >= 15 is 0 Å². The standard InChI is InChI=1S/C17H27ClN4OS.HI/c1-3-19-17(20-9-14(23)15-6-7-16(18)24-15)21-12-8-11(2)22(10-12)13-4-5-13;/h6-7,11-14,23H,3-5,8-10H2,1-2H3,(H2,19,20,21);1H. The van der Waals surface area contributed by atoms with Gasteiger partial charge in [-0.1, -0.05) is 11.6 Å². The minimum Gasteiger partial charge on any atom is -0.386 e. The van der Waals surface area contributed by atoms with Gasteiger partial charge >= 0.3 is 0 Å². The van der Waals surface area contributed by atoms with E-state index in [4.69, 9.17) is 11.6 Å². The Balaban J connectivity index is 0.00000225. The van der Waals surface area contributed by atoms with Gasteiger partial charge in [-0.3, -0.25) is 9.89 Å². The largest absolute Gasteiger partial charge is 0.386 e. The highest BCUT2D eigenvalue weighted by Gasteiger charge is 2.38. The van der Waals surface area contributed by atoms with E-state index in [0.717, 1.165) is 36.4 Å². The lowest BCUT2D eigenvalue weighted by Crippen LogP contribution is -2.45. The lowest BCUT2D eigenvalue weighted by molar-refractivity contribution is 0.191. The Morgan fingerprint density at radius 2 is 2.24 bits per heavy atom. The van der Waals surface area contributed by atoms with Crippen molar-refractivity contribution in [3.05, 3.63) is 21.3 Å². The smallest absolute Gasteiger partial charge is 0.191 e. The molecule has 0 amide bonds. The van der Waals surface area contributed by atoms with Gasteiger partial charge in [0.1, 0.15) is 6.10 Å². The van der Waals surface area contributed by atoms with Gasteiger partial charge < -0.3 is 15.7 Å². The monoisotopic (exact) mass is 498 g/mol. The summed E-state index contributed by atoms with van der Waals surface area (Å²) < 4.78 is 0.693. The number of thiophene rings is 1. The molecule has 5 nitrogen and oxygen atoms in total. The summed E-state index contributed by atoms with van der Waals surface area (Å²) in [5.41, 5.74) is 0. The van der Waals surface area contributed by atoms with Crippen LogP contribution in [0.2, 0.25) is 4.34 Å². The second kappa shape index (κ2) is 9.73. The zero-order valence-corrected chi connectivity index (χ0v) is 18.6. The first kappa shape index (κ1) is 21.2. The third kappa shape index (κ3) is 5.95. The fourth-order valence-electron chi connectivity index (χ4n) is 3.36. The second-order valence-corrected chi connectivity index (χ2v) is 8.48. The van der Waals surface area contributed by atoms with Gasteiger partial charge in [0.15, 0.2) is 5.96 Å². The number of guanidine groups is 1. The van der Waals surface area contributed by atoms with E-state index in [2.05, 4.69) is 34.4 Å². The maximum atomic E-state index is 10.3. The molecular formula is C17H28ClIN4OS. The number of aliphatic hydroxyl groups is 1. The Morgan fingerprint density at radius 1 is 1.48 bits per heavy atom. The van der Waals surface area contributed by atoms with Crippen molar-refractivity contribution in [2.45, 2.75) is 57.3 Å². The summed E-state index contributed by atoms with van der Waals surface area (Å²) in [5.74, 6) is 0.786. The van der Waals surface area contributed by atoms with Gasteiger partial charge in [0.05, 0.1) is 10.9 Å². The summed E-state index contributed by atoms with van der Waals surface area (Å²) in [6.45, 7) is 6.59. The van der Waals surface area contributed by atoms with Crippen LogP contribution < -0.4 is 10.6 Å². The zero-order chi connectivity index (χ0) is 17.1. The molecule has 1 aromatic rings. The van der Waals surface area contributed by atoms with Crippen molar-refractivity contribution in [2.75, 3.05) is 19.6 Å². The molecule has 25 heavy (non-hydrogen) atoms. The summed E-state index contributed by atoms with van der Waals surface area (Å²) in [6.07, 6.45) is 3.23. The van der Waals surface area contributed by atoms with Crippen LogP contribution in [0.15, 0.2) is 17.1 Å². The average molecular weight is 499 g/mol. The number of likely N-dealkylation sites (tertiary alicyclic amines) is 1. The molecule has 1 aliphatic carbocycles. The normalized spacial score (nSPS) is 25.5. The molecule has 142 valence electrons. The molecule has 3 N–H and O–H groups in total. The van der Waals surface area contributed by atoms with Crippen LogP contribution in [0.1, 0.15) is 44.1 Å². The highest BCUT2D eigenvalue weighted by Crippen LogP contribution is 2.33. The van der Waals surface area contributed by atoms with E-state index in [1.807, 2.05) is 12.1 Å². The van der Waals surface area contributed by atoms with Crippen LogP contribution in [0.4, 0.5) is 0 Å². The molecule has 1 saturated heterocycles. The minimum atomic E-state index is -0.608. The third-order valence-electron chi connectivity index (χ3n) is 4.67. The number of aliphatic imine (C=N–C) groups is 1. The van der Waals surface area contributed by atoms with Gasteiger partial charge in [0.25, 0.3) is 0 Å². The molecule has 3 unspecified atom stereocenters. The quantitative estimate of drug-likeness (QED) is 0.320. The molecule has 2 fully saturated rings. The summed E-state index contributed by atoms with van der Waals surface area (Å²) >= 11 is 7.33. The van der Waals surface area contributed by atoms with Gasteiger partial charge in [-0.15, -0.1) is 35.3 Å².